The summed E-state index contributed by atoms with van der Waals surface area (Å²) in [6.45, 7) is 3.80. The Balaban J connectivity index is 2.13. The van der Waals surface area contributed by atoms with Gasteiger partial charge in [0.1, 0.15) is 17.4 Å². The quantitative estimate of drug-likeness (QED) is 0.760. The third kappa shape index (κ3) is 2.02. The van der Waals surface area contributed by atoms with E-state index in [2.05, 4.69) is 4.98 Å². The van der Waals surface area contributed by atoms with Crippen LogP contribution in [-0.4, -0.2) is 10.1 Å². The van der Waals surface area contributed by atoms with Crippen molar-refractivity contribution >= 4 is 11.0 Å². The number of benzene rings is 1. The molecule has 3 aromatic rings. The molecule has 0 saturated heterocycles. The Morgan fingerprint density at radius 3 is 2.63 bits per heavy atom. The maximum Gasteiger partial charge on any atom is 0.134 e. The molecule has 1 aromatic carbocycles. The van der Waals surface area contributed by atoms with Crippen molar-refractivity contribution < 1.29 is 9.52 Å². The molecule has 1 unspecified atom stereocenters. The minimum absolute atomic E-state index is 0.711. The SMILES string of the molecule is Cc1ccc(C(O)c2c(C)oc3ccccc23)cn1. The van der Waals surface area contributed by atoms with Crippen LogP contribution in [0.5, 0.6) is 0 Å². The highest BCUT2D eigenvalue weighted by Gasteiger charge is 2.20. The van der Waals surface area contributed by atoms with Gasteiger partial charge in [-0.05, 0) is 26.0 Å². The summed E-state index contributed by atoms with van der Waals surface area (Å²) in [6, 6.07) is 11.5. The van der Waals surface area contributed by atoms with Gasteiger partial charge < -0.3 is 9.52 Å². The van der Waals surface area contributed by atoms with Crippen LogP contribution < -0.4 is 0 Å². The van der Waals surface area contributed by atoms with Crippen molar-refractivity contribution in [3.63, 3.8) is 0 Å². The van der Waals surface area contributed by atoms with Crippen molar-refractivity contribution in [2.24, 2.45) is 0 Å². The van der Waals surface area contributed by atoms with Gasteiger partial charge >= 0.3 is 0 Å². The number of pyridine rings is 1. The number of fused-ring (bicyclic) bond motifs is 1. The number of furan rings is 1. The van der Waals surface area contributed by atoms with Gasteiger partial charge in [0.05, 0.1) is 0 Å². The molecule has 0 radical (unpaired) electrons. The summed E-state index contributed by atoms with van der Waals surface area (Å²) in [5, 5.41) is 11.5. The molecule has 0 bridgehead atoms. The van der Waals surface area contributed by atoms with Crippen LogP contribution in [0.1, 0.15) is 28.7 Å². The normalized spacial score (nSPS) is 12.8. The van der Waals surface area contributed by atoms with Gasteiger partial charge in [0.25, 0.3) is 0 Å². The van der Waals surface area contributed by atoms with Crippen molar-refractivity contribution in [2.45, 2.75) is 20.0 Å². The summed E-state index contributed by atoms with van der Waals surface area (Å²) in [6.07, 6.45) is 0.998. The van der Waals surface area contributed by atoms with Crippen molar-refractivity contribution in [3.05, 3.63) is 65.2 Å². The second-order valence-electron chi connectivity index (χ2n) is 4.70. The fraction of sp³-hybridized carbons (Fsp3) is 0.188. The van der Waals surface area contributed by atoms with E-state index >= 15 is 0 Å². The number of aliphatic hydroxyl groups is 1. The fourth-order valence-corrected chi connectivity index (χ4v) is 2.34. The van der Waals surface area contributed by atoms with E-state index in [1.54, 1.807) is 6.20 Å². The maximum absolute atomic E-state index is 10.6. The van der Waals surface area contributed by atoms with Gasteiger partial charge in [0.2, 0.25) is 0 Å². The molecule has 2 heterocycles. The lowest BCUT2D eigenvalue weighted by atomic mass is 10.00. The summed E-state index contributed by atoms with van der Waals surface area (Å²) in [5.74, 6) is 0.745. The largest absolute Gasteiger partial charge is 0.461 e. The lowest BCUT2D eigenvalue weighted by molar-refractivity contribution is 0.219. The molecule has 0 aliphatic carbocycles. The molecular formula is C16H15NO2. The number of aryl methyl sites for hydroxylation is 2. The average Bonchev–Trinajstić information content (AvgIpc) is 2.74. The summed E-state index contributed by atoms with van der Waals surface area (Å²) in [7, 11) is 0. The van der Waals surface area contributed by atoms with Gasteiger partial charge in [-0.2, -0.15) is 0 Å². The predicted molar refractivity (Wildman–Crippen MR) is 74.0 cm³/mol. The zero-order valence-corrected chi connectivity index (χ0v) is 10.9. The second-order valence-corrected chi connectivity index (χ2v) is 4.70. The van der Waals surface area contributed by atoms with Gasteiger partial charge in [-0.15, -0.1) is 0 Å². The molecular weight excluding hydrogens is 238 g/mol. The Kier molecular flexibility index (Phi) is 2.84. The monoisotopic (exact) mass is 253 g/mol. The van der Waals surface area contributed by atoms with Crippen LogP contribution in [0.15, 0.2) is 47.0 Å². The molecule has 1 N–H and O–H groups in total. The minimum Gasteiger partial charge on any atom is -0.461 e. The van der Waals surface area contributed by atoms with E-state index in [-0.39, 0.29) is 0 Å². The zero-order valence-electron chi connectivity index (χ0n) is 10.9. The topological polar surface area (TPSA) is 46.3 Å². The molecule has 3 nitrogen and oxygen atoms in total. The molecule has 3 heteroatoms. The third-order valence-corrected chi connectivity index (χ3v) is 3.34. The molecule has 0 spiro atoms. The first kappa shape index (κ1) is 11.9. The molecule has 0 fully saturated rings. The molecule has 2 aromatic heterocycles. The lowest BCUT2D eigenvalue weighted by Gasteiger charge is -2.10. The van der Waals surface area contributed by atoms with Crippen LogP contribution in [0.3, 0.4) is 0 Å². The highest BCUT2D eigenvalue weighted by molar-refractivity contribution is 5.83. The first-order valence-electron chi connectivity index (χ1n) is 6.25. The van der Waals surface area contributed by atoms with Crippen LogP contribution in [0.2, 0.25) is 0 Å². The van der Waals surface area contributed by atoms with Gasteiger partial charge in [0, 0.05) is 28.4 Å². The number of nitrogens with zero attached hydrogens (tertiary/aromatic N) is 1. The number of hydrogen-bond acceptors (Lipinski definition) is 3. The molecule has 96 valence electrons. The van der Waals surface area contributed by atoms with E-state index in [0.717, 1.165) is 33.6 Å². The Labute approximate surface area is 111 Å². The van der Waals surface area contributed by atoms with Crippen molar-refractivity contribution in [1.29, 1.82) is 0 Å². The fourth-order valence-electron chi connectivity index (χ4n) is 2.34. The van der Waals surface area contributed by atoms with Crippen LogP contribution in [-0.2, 0) is 0 Å². The lowest BCUT2D eigenvalue weighted by Crippen LogP contribution is -2.01. The van der Waals surface area contributed by atoms with E-state index < -0.39 is 6.10 Å². The highest BCUT2D eigenvalue weighted by Crippen LogP contribution is 2.33. The maximum atomic E-state index is 10.6. The number of para-hydroxylation sites is 1. The summed E-state index contributed by atoms with van der Waals surface area (Å²) >= 11 is 0. The average molecular weight is 253 g/mol. The van der Waals surface area contributed by atoms with Crippen molar-refractivity contribution in [3.8, 4) is 0 Å². The predicted octanol–water partition coefficient (Wildman–Crippen LogP) is 3.53. The summed E-state index contributed by atoms with van der Waals surface area (Å²) in [5.41, 5.74) is 3.33. The van der Waals surface area contributed by atoms with Crippen LogP contribution in [0, 0.1) is 13.8 Å². The smallest absolute Gasteiger partial charge is 0.134 e. The zero-order chi connectivity index (χ0) is 13.4. The number of aromatic nitrogens is 1. The molecule has 3 rings (SSSR count). The third-order valence-electron chi connectivity index (χ3n) is 3.34. The summed E-state index contributed by atoms with van der Waals surface area (Å²) in [4.78, 5) is 4.23. The minimum atomic E-state index is -0.711. The number of hydrogen-bond donors (Lipinski definition) is 1. The first-order valence-corrected chi connectivity index (χ1v) is 6.25. The molecule has 0 amide bonds. The molecule has 0 saturated carbocycles. The number of aliphatic hydroxyl groups excluding tert-OH is 1. The van der Waals surface area contributed by atoms with Gasteiger partial charge in [-0.3, -0.25) is 4.98 Å². The standard InChI is InChI=1S/C16H15NO2/c1-10-7-8-12(9-17-10)16(18)15-11(2)19-14-6-4-3-5-13(14)15/h3-9,16,18H,1-2H3. The van der Waals surface area contributed by atoms with Gasteiger partial charge in [-0.1, -0.05) is 24.3 Å². The van der Waals surface area contributed by atoms with E-state index in [0.29, 0.717) is 0 Å². The molecule has 0 aliphatic heterocycles. The first-order chi connectivity index (χ1) is 9.16. The van der Waals surface area contributed by atoms with Crippen LogP contribution in [0.4, 0.5) is 0 Å². The second kappa shape index (κ2) is 4.52. The van der Waals surface area contributed by atoms with Gasteiger partial charge in [0.15, 0.2) is 0 Å². The van der Waals surface area contributed by atoms with E-state index in [4.69, 9.17) is 4.42 Å². The van der Waals surface area contributed by atoms with Crippen LogP contribution in [0.25, 0.3) is 11.0 Å². The Morgan fingerprint density at radius 2 is 1.89 bits per heavy atom. The van der Waals surface area contributed by atoms with Gasteiger partial charge in [-0.25, -0.2) is 0 Å². The highest BCUT2D eigenvalue weighted by atomic mass is 16.3. The van der Waals surface area contributed by atoms with Crippen molar-refractivity contribution in [1.82, 2.24) is 4.98 Å². The Hall–Kier alpha value is -2.13. The molecule has 19 heavy (non-hydrogen) atoms. The Bertz CT molecular complexity index is 713. The van der Waals surface area contributed by atoms with E-state index in [1.807, 2.05) is 50.2 Å². The summed E-state index contributed by atoms with van der Waals surface area (Å²) < 4.78 is 5.68. The number of rotatable bonds is 2. The van der Waals surface area contributed by atoms with E-state index in [9.17, 15) is 5.11 Å². The molecule has 0 aliphatic rings. The van der Waals surface area contributed by atoms with E-state index in [1.165, 1.54) is 0 Å². The van der Waals surface area contributed by atoms with Crippen LogP contribution >= 0.6 is 0 Å². The van der Waals surface area contributed by atoms with Crippen molar-refractivity contribution in [2.75, 3.05) is 0 Å². The molecule has 1 atom stereocenters. The Morgan fingerprint density at radius 1 is 1.11 bits per heavy atom.